The van der Waals surface area contributed by atoms with Crippen molar-refractivity contribution in [2.75, 3.05) is 17.4 Å². The van der Waals surface area contributed by atoms with E-state index in [0.717, 1.165) is 22.8 Å². The highest BCUT2D eigenvalue weighted by Gasteiger charge is 2.17. The van der Waals surface area contributed by atoms with E-state index < -0.39 is 0 Å². The van der Waals surface area contributed by atoms with Gasteiger partial charge in [0, 0.05) is 22.3 Å². The van der Waals surface area contributed by atoms with Crippen LogP contribution >= 0.6 is 23.8 Å². The molecule has 0 amide bonds. The Morgan fingerprint density at radius 1 is 1.21 bits per heavy atom. The molecule has 0 saturated heterocycles. The van der Waals surface area contributed by atoms with Crippen molar-refractivity contribution in [2.24, 2.45) is 0 Å². The topological polar surface area (TPSA) is 60.3 Å². The van der Waals surface area contributed by atoms with Crippen LogP contribution in [0.3, 0.4) is 0 Å². The normalized spacial score (nSPS) is 12.1. The van der Waals surface area contributed by atoms with Crippen molar-refractivity contribution in [1.29, 1.82) is 0 Å². The smallest absolute Gasteiger partial charge is 0.231 e. The van der Waals surface area contributed by atoms with Gasteiger partial charge >= 0.3 is 0 Å². The molecule has 1 aliphatic heterocycles. The van der Waals surface area contributed by atoms with Gasteiger partial charge in [-0.25, -0.2) is 4.39 Å². The van der Waals surface area contributed by atoms with Crippen LogP contribution in [0.1, 0.15) is 17.0 Å². The standard InChI is InChI=1S/C20H18ClFN4O2S/c1-11-19(12(2)26(25-11)9-14-15(21)4-3-5-16(14)22)24-20(29)23-13-6-7-17-18(8-13)28-10-27-17/h3-8H,9-10H2,1-2H3,(H2,23,24,29). The lowest BCUT2D eigenvalue weighted by molar-refractivity contribution is 0.174. The van der Waals surface area contributed by atoms with Crippen LogP contribution in [-0.2, 0) is 6.54 Å². The zero-order chi connectivity index (χ0) is 20.5. The third-order valence-electron chi connectivity index (χ3n) is 4.62. The van der Waals surface area contributed by atoms with Crippen LogP contribution in [0.25, 0.3) is 0 Å². The molecule has 150 valence electrons. The highest BCUT2D eigenvalue weighted by Crippen LogP contribution is 2.34. The molecular weight excluding hydrogens is 415 g/mol. The Morgan fingerprint density at radius 3 is 2.79 bits per heavy atom. The number of nitrogens with zero attached hydrogens (tertiary/aromatic N) is 2. The van der Waals surface area contributed by atoms with Gasteiger partial charge in [0.1, 0.15) is 5.82 Å². The van der Waals surface area contributed by atoms with E-state index in [0.29, 0.717) is 27.2 Å². The maximum Gasteiger partial charge on any atom is 0.231 e. The minimum absolute atomic E-state index is 0.213. The van der Waals surface area contributed by atoms with Crippen LogP contribution in [0.4, 0.5) is 15.8 Å². The van der Waals surface area contributed by atoms with Crippen molar-refractivity contribution >= 4 is 40.3 Å². The minimum Gasteiger partial charge on any atom is -0.454 e. The fraction of sp³-hybridized carbons (Fsp3) is 0.200. The van der Waals surface area contributed by atoms with Crippen LogP contribution in [0.2, 0.25) is 5.02 Å². The van der Waals surface area contributed by atoms with Crippen molar-refractivity contribution in [3.63, 3.8) is 0 Å². The van der Waals surface area contributed by atoms with Gasteiger partial charge in [-0.3, -0.25) is 4.68 Å². The number of hydrogen-bond acceptors (Lipinski definition) is 4. The summed E-state index contributed by atoms with van der Waals surface area (Å²) >= 11 is 11.6. The predicted octanol–water partition coefficient (Wildman–Crippen LogP) is 4.88. The number of aromatic nitrogens is 2. The second-order valence-corrected chi connectivity index (χ2v) is 7.37. The number of fused-ring (bicyclic) bond motifs is 1. The molecule has 1 aliphatic rings. The summed E-state index contributed by atoms with van der Waals surface area (Å²) in [5.41, 5.74) is 3.48. The zero-order valence-corrected chi connectivity index (χ0v) is 17.3. The first-order chi connectivity index (χ1) is 13.9. The summed E-state index contributed by atoms with van der Waals surface area (Å²) in [7, 11) is 0. The van der Waals surface area contributed by atoms with Gasteiger partial charge < -0.3 is 20.1 Å². The number of rotatable bonds is 4. The van der Waals surface area contributed by atoms with Crippen molar-refractivity contribution in [3.8, 4) is 11.5 Å². The van der Waals surface area contributed by atoms with Crippen LogP contribution in [0, 0.1) is 19.7 Å². The largest absolute Gasteiger partial charge is 0.454 e. The van der Waals surface area contributed by atoms with E-state index in [4.69, 9.17) is 33.3 Å². The average Bonchev–Trinajstić information content (AvgIpc) is 3.24. The first-order valence-electron chi connectivity index (χ1n) is 8.87. The summed E-state index contributed by atoms with van der Waals surface area (Å²) in [6.07, 6.45) is 0. The van der Waals surface area contributed by atoms with Crippen LogP contribution in [0.15, 0.2) is 36.4 Å². The van der Waals surface area contributed by atoms with E-state index in [1.165, 1.54) is 6.07 Å². The van der Waals surface area contributed by atoms with Crippen LogP contribution in [0.5, 0.6) is 11.5 Å². The van der Waals surface area contributed by atoms with E-state index in [1.807, 2.05) is 32.0 Å². The highest BCUT2D eigenvalue weighted by molar-refractivity contribution is 7.80. The number of ether oxygens (including phenoxy) is 2. The van der Waals surface area contributed by atoms with Gasteiger partial charge in [0.05, 0.1) is 23.6 Å². The van der Waals surface area contributed by atoms with Crippen molar-refractivity contribution in [2.45, 2.75) is 20.4 Å². The van der Waals surface area contributed by atoms with Gasteiger partial charge in [-0.2, -0.15) is 5.10 Å². The molecule has 0 bridgehead atoms. The van der Waals surface area contributed by atoms with E-state index >= 15 is 0 Å². The molecule has 0 unspecified atom stereocenters. The van der Waals surface area contributed by atoms with Crippen molar-refractivity contribution in [3.05, 3.63) is 64.2 Å². The second kappa shape index (κ2) is 7.88. The molecule has 0 radical (unpaired) electrons. The van der Waals surface area contributed by atoms with E-state index in [-0.39, 0.29) is 19.2 Å². The molecular formula is C20H18ClFN4O2S. The molecule has 0 atom stereocenters. The number of anilines is 2. The Hall–Kier alpha value is -2.84. The number of nitrogens with one attached hydrogen (secondary N) is 2. The maximum absolute atomic E-state index is 14.1. The average molecular weight is 433 g/mol. The van der Waals surface area contributed by atoms with Gasteiger partial charge in [-0.05, 0) is 50.3 Å². The third-order valence-corrected chi connectivity index (χ3v) is 5.18. The molecule has 9 heteroatoms. The molecule has 4 rings (SSSR count). The lowest BCUT2D eigenvalue weighted by Gasteiger charge is -2.12. The molecule has 1 aromatic heterocycles. The third kappa shape index (κ3) is 3.99. The monoisotopic (exact) mass is 432 g/mol. The minimum atomic E-state index is -0.362. The zero-order valence-electron chi connectivity index (χ0n) is 15.8. The number of benzene rings is 2. The summed E-state index contributed by atoms with van der Waals surface area (Å²) in [6.45, 7) is 4.19. The van der Waals surface area contributed by atoms with Gasteiger partial charge in [-0.1, -0.05) is 17.7 Å². The molecule has 2 N–H and O–H groups in total. The fourth-order valence-corrected chi connectivity index (χ4v) is 3.56. The molecule has 0 saturated carbocycles. The number of hydrogen-bond donors (Lipinski definition) is 2. The summed E-state index contributed by atoms with van der Waals surface area (Å²) in [6, 6.07) is 10.1. The Balaban J connectivity index is 1.50. The molecule has 0 aliphatic carbocycles. The summed E-state index contributed by atoms with van der Waals surface area (Å²) < 4.78 is 26.5. The molecule has 0 spiro atoms. The van der Waals surface area contributed by atoms with E-state index in [2.05, 4.69) is 15.7 Å². The summed E-state index contributed by atoms with van der Waals surface area (Å²) in [5.74, 6) is 1.01. The summed E-state index contributed by atoms with van der Waals surface area (Å²) in [5, 5.41) is 11.6. The lowest BCUT2D eigenvalue weighted by atomic mass is 10.2. The Labute approximate surface area is 177 Å². The van der Waals surface area contributed by atoms with Crippen molar-refractivity contribution in [1.82, 2.24) is 9.78 Å². The molecule has 0 fully saturated rings. The first kappa shape index (κ1) is 19.5. The Kier molecular flexibility index (Phi) is 5.29. The maximum atomic E-state index is 14.1. The van der Waals surface area contributed by atoms with Gasteiger partial charge in [0.2, 0.25) is 6.79 Å². The lowest BCUT2D eigenvalue weighted by Crippen LogP contribution is -2.20. The van der Waals surface area contributed by atoms with Gasteiger partial charge in [-0.15, -0.1) is 0 Å². The number of thiocarbonyl (C=S) groups is 1. The molecule has 29 heavy (non-hydrogen) atoms. The van der Waals surface area contributed by atoms with Gasteiger partial charge in [0.25, 0.3) is 0 Å². The van der Waals surface area contributed by atoms with Crippen molar-refractivity contribution < 1.29 is 13.9 Å². The number of halogens is 2. The quantitative estimate of drug-likeness (QED) is 0.573. The van der Waals surface area contributed by atoms with Gasteiger partial charge in [0.15, 0.2) is 16.6 Å². The second-order valence-electron chi connectivity index (χ2n) is 6.55. The molecule has 2 heterocycles. The Bertz CT molecular complexity index is 1080. The predicted molar refractivity (Wildman–Crippen MR) is 115 cm³/mol. The van der Waals surface area contributed by atoms with E-state index in [1.54, 1.807) is 16.8 Å². The first-order valence-corrected chi connectivity index (χ1v) is 9.65. The highest BCUT2D eigenvalue weighted by atomic mass is 35.5. The fourth-order valence-electron chi connectivity index (χ4n) is 3.12. The summed E-state index contributed by atoms with van der Waals surface area (Å²) in [4.78, 5) is 0. The molecule has 2 aromatic carbocycles. The van der Waals surface area contributed by atoms with Crippen LogP contribution < -0.4 is 20.1 Å². The molecule has 3 aromatic rings. The Morgan fingerprint density at radius 2 is 2.00 bits per heavy atom. The molecule has 6 nitrogen and oxygen atoms in total. The van der Waals surface area contributed by atoms with E-state index in [9.17, 15) is 4.39 Å². The van der Waals surface area contributed by atoms with Crippen LogP contribution in [-0.4, -0.2) is 21.7 Å². The SMILES string of the molecule is Cc1nn(Cc2c(F)cccc2Cl)c(C)c1NC(=S)Nc1ccc2c(c1)OCO2. The number of aryl methyl sites for hydroxylation is 1.